The van der Waals surface area contributed by atoms with E-state index < -0.39 is 16.8 Å². The molecule has 0 heterocycles. The molecular formula is C8H6BrClFNO3. The third-order valence-corrected chi connectivity index (χ3v) is 2.53. The van der Waals surface area contributed by atoms with Crippen molar-refractivity contribution < 1.29 is 19.6 Å². The first-order valence-corrected chi connectivity index (χ1v) is 5.28. The lowest BCUT2D eigenvalue weighted by atomic mass is 10.1. The molecule has 0 aromatic heterocycles. The van der Waals surface area contributed by atoms with Gasteiger partial charge in [0, 0.05) is 6.07 Å². The van der Waals surface area contributed by atoms with Gasteiger partial charge >= 0.3 is 0 Å². The number of hydrogen-bond acceptors (Lipinski definition) is 3. The fraction of sp³-hybridized carbons (Fsp3) is 0.125. The molecule has 0 bridgehead atoms. The number of rotatable bonds is 3. The van der Waals surface area contributed by atoms with Crippen LogP contribution in [-0.2, 0) is 0 Å². The van der Waals surface area contributed by atoms with Crippen molar-refractivity contribution in [1.29, 1.82) is 0 Å². The zero-order chi connectivity index (χ0) is 11.6. The van der Waals surface area contributed by atoms with Crippen molar-refractivity contribution in [3.8, 4) is 0 Å². The first kappa shape index (κ1) is 12.5. The van der Waals surface area contributed by atoms with Crippen LogP contribution in [0.1, 0.15) is 10.4 Å². The zero-order valence-electron chi connectivity index (χ0n) is 7.26. The van der Waals surface area contributed by atoms with Crippen molar-refractivity contribution in [2.75, 3.05) is 5.33 Å². The maximum atomic E-state index is 13.2. The number of nitrogens with one attached hydrogen (secondary N) is 1. The smallest absolute Gasteiger partial charge is 0.183 e. The predicted molar refractivity (Wildman–Crippen MR) is 55.3 cm³/mol. The molecule has 0 saturated heterocycles. The van der Waals surface area contributed by atoms with E-state index in [9.17, 15) is 14.4 Å². The largest absolute Gasteiger partial charge is 0.595 e. The number of hydrogen-bond donors (Lipinski definition) is 2. The minimum Gasteiger partial charge on any atom is -0.595 e. The number of ketones is 1. The number of carbonyl (C=O) groups excluding carboxylic acids is 1. The minimum atomic E-state index is -1.30. The zero-order valence-corrected chi connectivity index (χ0v) is 9.60. The van der Waals surface area contributed by atoms with Gasteiger partial charge in [0.25, 0.3) is 0 Å². The Morgan fingerprint density at radius 2 is 2.27 bits per heavy atom. The molecule has 0 radical (unpaired) electrons. The quantitative estimate of drug-likeness (QED) is 0.504. The van der Waals surface area contributed by atoms with Crippen LogP contribution < -0.4 is 5.23 Å². The van der Waals surface area contributed by atoms with E-state index in [2.05, 4.69) is 15.9 Å². The van der Waals surface area contributed by atoms with Gasteiger partial charge in [-0.1, -0.05) is 27.5 Å². The number of alkyl halides is 1. The molecule has 82 valence electrons. The van der Waals surface area contributed by atoms with Crippen LogP contribution in [0.3, 0.4) is 0 Å². The standard InChI is InChI=1S/C8H6BrClFNO3/c9-3-8(13)4-1-7(12(14)15)5(10)2-6(4)11/h1-2,12,14H,3H2. The Hall–Kier alpha value is -0.530. The molecule has 0 aliphatic rings. The summed E-state index contributed by atoms with van der Waals surface area (Å²) in [4.78, 5) is 11.2. The van der Waals surface area contributed by atoms with Crippen molar-refractivity contribution in [3.05, 3.63) is 33.7 Å². The first-order chi connectivity index (χ1) is 6.97. The normalized spacial score (nSPS) is 12.6. The van der Waals surface area contributed by atoms with Gasteiger partial charge in [0.15, 0.2) is 11.5 Å². The summed E-state index contributed by atoms with van der Waals surface area (Å²) in [6.45, 7) is 0. The highest BCUT2D eigenvalue weighted by atomic mass is 79.9. The molecule has 4 nitrogen and oxygen atoms in total. The Labute approximate surface area is 97.9 Å². The van der Waals surface area contributed by atoms with Gasteiger partial charge in [0.05, 0.1) is 10.9 Å². The fourth-order valence-corrected chi connectivity index (χ4v) is 1.53. The van der Waals surface area contributed by atoms with E-state index in [4.69, 9.17) is 16.8 Å². The van der Waals surface area contributed by atoms with Crippen LogP contribution in [-0.4, -0.2) is 16.3 Å². The van der Waals surface area contributed by atoms with Crippen LogP contribution in [0.5, 0.6) is 0 Å². The molecule has 1 rings (SSSR count). The first-order valence-electron chi connectivity index (χ1n) is 3.79. The van der Waals surface area contributed by atoms with Gasteiger partial charge in [-0.15, -0.1) is 0 Å². The molecule has 1 aromatic carbocycles. The van der Waals surface area contributed by atoms with E-state index in [1.165, 1.54) is 0 Å². The van der Waals surface area contributed by atoms with Gasteiger partial charge in [-0.2, -0.15) is 5.23 Å². The second-order valence-corrected chi connectivity index (χ2v) is 3.64. The summed E-state index contributed by atoms with van der Waals surface area (Å²) in [7, 11) is 0. The molecule has 0 aliphatic carbocycles. The second kappa shape index (κ2) is 5.00. The van der Waals surface area contributed by atoms with E-state index in [-0.39, 0.29) is 21.6 Å². The molecule has 1 unspecified atom stereocenters. The molecule has 0 aliphatic heterocycles. The van der Waals surface area contributed by atoms with E-state index in [0.29, 0.717) is 0 Å². The molecule has 2 N–H and O–H groups in total. The Balaban J connectivity index is 3.29. The minimum absolute atomic E-state index is 0.0788. The Kier molecular flexibility index (Phi) is 4.18. The monoisotopic (exact) mass is 297 g/mol. The highest BCUT2D eigenvalue weighted by Gasteiger charge is 2.17. The van der Waals surface area contributed by atoms with Crippen molar-refractivity contribution >= 4 is 39.0 Å². The van der Waals surface area contributed by atoms with Crippen LogP contribution in [0, 0.1) is 11.0 Å². The van der Waals surface area contributed by atoms with E-state index in [1.807, 2.05) is 0 Å². The van der Waals surface area contributed by atoms with Crippen LogP contribution in [0.25, 0.3) is 0 Å². The van der Waals surface area contributed by atoms with Gasteiger partial charge in [-0.05, 0) is 6.07 Å². The Bertz CT molecular complexity index is 400. The number of quaternary nitrogens is 1. The summed E-state index contributed by atoms with van der Waals surface area (Å²) >= 11 is 8.37. The summed E-state index contributed by atoms with van der Waals surface area (Å²) < 4.78 is 13.2. The number of carbonyl (C=O) groups is 1. The van der Waals surface area contributed by atoms with Crippen LogP contribution in [0.4, 0.5) is 10.1 Å². The van der Waals surface area contributed by atoms with Crippen LogP contribution in [0.15, 0.2) is 12.1 Å². The predicted octanol–water partition coefficient (Wildman–Crippen LogP) is 1.46. The molecule has 15 heavy (non-hydrogen) atoms. The summed E-state index contributed by atoms with van der Waals surface area (Å²) in [6.07, 6.45) is 0. The van der Waals surface area contributed by atoms with Gasteiger partial charge < -0.3 is 5.21 Å². The molecule has 7 heteroatoms. The van der Waals surface area contributed by atoms with Crippen molar-refractivity contribution in [3.63, 3.8) is 0 Å². The van der Waals surface area contributed by atoms with Crippen molar-refractivity contribution in [2.24, 2.45) is 0 Å². The fourth-order valence-electron chi connectivity index (χ4n) is 0.999. The highest BCUT2D eigenvalue weighted by Crippen LogP contribution is 2.23. The number of halogens is 3. The molecule has 0 fully saturated rings. The average Bonchev–Trinajstić information content (AvgIpc) is 2.16. The van der Waals surface area contributed by atoms with Gasteiger partial charge in [0.1, 0.15) is 10.8 Å². The lowest BCUT2D eigenvalue weighted by Gasteiger charge is -2.14. The molecule has 1 atom stereocenters. The van der Waals surface area contributed by atoms with Crippen molar-refractivity contribution in [2.45, 2.75) is 0 Å². The number of Topliss-reactive ketones (excluding diaryl/α,β-unsaturated/α-hetero) is 1. The third-order valence-electron chi connectivity index (χ3n) is 1.71. The lowest BCUT2D eigenvalue weighted by Crippen LogP contribution is -2.99. The topological polar surface area (TPSA) is 64.8 Å². The third kappa shape index (κ3) is 2.73. The SMILES string of the molecule is O=C(CBr)c1cc([NH+]([O-])O)c(Cl)cc1F. The molecule has 1 aromatic rings. The van der Waals surface area contributed by atoms with Crippen molar-refractivity contribution in [1.82, 2.24) is 0 Å². The number of benzene rings is 1. The van der Waals surface area contributed by atoms with Gasteiger partial charge in [0.2, 0.25) is 0 Å². The van der Waals surface area contributed by atoms with Crippen LogP contribution in [0.2, 0.25) is 5.02 Å². The molecule has 0 spiro atoms. The Morgan fingerprint density at radius 1 is 1.67 bits per heavy atom. The average molecular weight is 298 g/mol. The second-order valence-electron chi connectivity index (χ2n) is 2.67. The molecule has 0 amide bonds. The van der Waals surface area contributed by atoms with E-state index in [0.717, 1.165) is 12.1 Å². The summed E-state index contributed by atoms with van der Waals surface area (Å²) in [5.74, 6) is -1.36. The van der Waals surface area contributed by atoms with Crippen LogP contribution >= 0.6 is 27.5 Å². The molecule has 0 saturated carbocycles. The maximum Gasteiger partial charge on any atom is 0.183 e. The van der Waals surface area contributed by atoms with E-state index in [1.54, 1.807) is 0 Å². The van der Waals surface area contributed by atoms with Gasteiger partial charge in [-0.25, -0.2) is 9.60 Å². The van der Waals surface area contributed by atoms with Gasteiger partial charge in [-0.3, -0.25) is 4.79 Å². The summed E-state index contributed by atoms with van der Waals surface area (Å²) in [5.41, 5.74) is -0.573. The summed E-state index contributed by atoms with van der Waals surface area (Å²) in [6, 6.07) is 1.75. The summed E-state index contributed by atoms with van der Waals surface area (Å²) in [5, 5.41) is 17.8. The molecular weight excluding hydrogens is 292 g/mol. The Morgan fingerprint density at radius 3 is 2.73 bits per heavy atom. The lowest BCUT2D eigenvalue weighted by molar-refractivity contribution is -0.991. The van der Waals surface area contributed by atoms with E-state index >= 15 is 0 Å². The highest BCUT2D eigenvalue weighted by molar-refractivity contribution is 9.09. The maximum absolute atomic E-state index is 13.2.